The van der Waals surface area contributed by atoms with Crippen molar-refractivity contribution < 1.29 is 13.7 Å². The lowest BCUT2D eigenvalue weighted by Crippen LogP contribution is -2.39. The third kappa shape index (κ3) is 3.35. The van der Waals surface area contributed by atoms with Gasteiger partial charge in [-0.2, -0.15) is 4.98 Å². The number of aromatic nitrogens is 3. The quantitative estimate of drug-likeness (QED) is 0.755. The molecule has 1 saturated heterocycles. The third-order valence-electron chi connectivity index (χ3n) is 4.48. The average Bonchev–Trinajstić information content (AvgIpc) is 3.31. The molecule has 1 atom stereocenters. The zero-order valence-electron chi connectivity index (χ0n) is 13.8. The van der Waals surface area contributed by atoms with Crippen molar-refractivity contribution in [1.82, 2.24) is 20.0 Å². The van der Waals surface area contributed by atoms with Crippen molar-refractivity contribution in [2.45, 2.75) is 18.8 Å². The molecule has 6 nitrogen and oxygen atoms in total. The maximum Gasteiger partial charge on any atom is 0.274 e. The van der Waals surface area contributed by atoms with Crippen LogP contribution < -0.4 is 0 Å². The minimum atomic E-state index is -0.359. The first-order chi connectivity index (χ1) is 12.6. The topological polar surface area (TPSA) is 75.0 Å². The van der Waals surface area contributed by atoms with Crippen molar-refractivity contribution in [2.75, 3.05) is 13.1 Å². The van der Waals surface area contributed by atoms with Gasteiger partial charge < -0.3 is 14.4 Å². The summed E-state index contributed by atoms with van der Waals surface area (Å²) in [5, 5.41) is 4.63. The van der Waals surface area contributed by atoms with E-state index in [0.29, 0.717) is 41.1 Å². The molecule has 0 aliphatic carbocycles. The van der Waals surface area contributed by atoms with Gasteiger partial charge in [-0.25, -0.2) is 4.39 Å². The highest BCUT2D eigenvalue weighted by Crippen LogP contribution is 2.28. The Kier molecular flexibility index (Phi) is 4.46. The summed E-state index contributed by atoms with van der Waals surface area (Å²) in [6, 6.07) is 7.30. The number of nitrogens with zero attached hydrogens (tertiary/aromatic N) is 3. The van der Waals surface area contributed by atoms with Crippen LogP contribution in [0.4, 0.5) is 4.39 Å². The first-order valence-electron chi connectivity index (χ1n) is 8.33. The van der Waals surface area contributed by atoms with Crippen molar-refractivity contribution in [2.24, 2.45) is 0 Å². The second-order valence-electron chi connectivity index (χ2n) is 6.29. The molecule has 3 heterocycles. The average molecular weight is 375 g/mol. The number of aromatic amines is 1. The van der Waals surface area contributed by atoms with Gasteiger partial charge in [-0.1, -0.05) is 16.8 Å². The van der Waals surface area contributed by atoms with E-state index in [1.165, 1.54) is 24.3 Å². The molecule has 1 aliphatic heterocycles. The maximum absolute atomic E-state index is 13.1. The Bertz CT molecular complexity index is 921. The number of piperidine rings is 1. The second-order valence-corrected chi connectivity index (χ2v) is 6.72. The van der Waals surface area contributed by atoms with Gasteiger partial charge in [0.1, 0.15) is 11.5 Å². The zero-order chi connectivity index (χ0) is 18.1. The molecule has 1 N–H and O–H groups in total. The smallest absolute Gasteiger partial charge is 0.274 e. The number of H-pyrrole nitrogens is 1. The van der Waals surface area contributed by atoms with Gasteiger partial charge >= 0.3 is 0 Å². The Morgan fingerprint density at radius 2 is 2.15 bits per heavy atom. The number of carbonyl (C=O) groups is 1. The third-order valence-corrected chi connectivity index (χ3v) is 4.70. The van der Waals surface area contributed by atoms with Crippen molar-refractivity contribution in [3.63, 3.8) is 0 Å². The van der Waals surface area contributed by atoms with Crippen LogP contribution in [0.15, 0.2) is 41.1 Å². The van der Waals surface area contributed by atoms with Crippen molar-refractivity contribution >= 4 is 17.5 Å². The van der Waals surface area contributed by atoms with Crippen LogP contribution in [0.3, 0.4) is 0 Å². The highest BCUT2D eigenvalue weighted by Gasteiger charge is 2.29. The van der Waals surface area contributed by atoms with E-state index in [1.54, 1.807) is 17.2 Å². The van der Waals surface area contributed by atoms with E-state index in [9.17, 15) is 9.18 Å². The lowest BCUT2D eigenvalue weighted by atomic mass is 9.96. The fourth-order valence-electron chi connectivity index (χ4n) is 3.15. The molecule has 0 saturated carbocycles. The van der Waals surface area contributed by atoms with Crippen molar-refractivity contribution in [3.8, 4) is 11.6 Å². The van der Waals surface area contributed by atoms with Crippen LogP contribution in [0.25, 0.3) is 11.6 Å². The molecule has 2 aromatic heterocycles. The Labute approximate surface area is 154 Å². The summed E-state index contributed by atoms with van der Waals surface area (Å²) in [6.45, 7) is 1.16. The second kappa shape index (κ2) is 6.92. The standard InChI is InChI=1S/C18H16ClFN4O2/c19-13-8-15(21-9-13)17-22-16(23-26-17)12-2-1-7-24(10-12)18(25)11-3-5-14(20)6-4-11/h3-6,8-9,12,21H,1-2,7,10H2. The van der Waals surface area contributed by atoms with Crippen LogP contribution in [0.2, 0.25) is 5.02 Å². The Balaban J connectivity index is 1.49. The minimum absolute atomic E-state index is 0.00363. The monoisotopic (exact) mass is 374 g/mol. The molecule has 1 aliphatic rings. The van der Waals surface area contributed by atoms with Crippen LogP contribution in [0.1, 0.15) is 34.9 Å². The van der Waals surface area contributed by atoms with Gasteiger partial charge in [-0.05, 0) is 43.2 Å². The number of carbonyl (C=O) groups excluding carboxylic acids is 1. The SMILES string of the molecule is O=C(c1ccc(F)cc1)N1CCCC(c2noc(-c3cc(Cl)c[nH]3)n2)C1. The maximum atomic E-state index is 13.1. The highest BCUT2D eigenvalue weighted by atomic mass is 35.5. The van der Waals surface area contributed by atoms with Crippen LogP contribution >= 0.6 is 11.6 Å². The summed E-state index contributed by atoms with van der Waals surface area (Å²) in [5.74, 6) is 0.462. The van der Waals surface area contributed by atoms with Gasteiger partial charge in [0.2, 0.25) is 0 Å². The van der Waals surface area contributed by atoms with Gasteiger partial charge in [-0.3, -0.25) is 4.79 Å². The molecule has 0 radical (unpaired) electrons. The highest BCUT2D eigenvalue weighted by molar-refractivity contribution is 6.30. The number of likely N-dealkylation sites (tertiary alicyclic amines) is 1. The first kappa shape index (κ1) is 16.8. The Hall–Kier alpha value is -2.67. The Morgan fingerprint density at radius 3 is 2.88 bits per heavy atom. The van der Waals surface area contributed by atoms with Gasteiger partial charge in [0.25, 0.3) is 11.8 Å². The minimum Gasteiger partial charge on any atom is -0.356 e. The van der Waals surface area contributed by atoms with E-state index >= 15 is 0 Å². The molecule has 134 valence electrons. The molecule has 0 bridgehead atoms. The lowest BCUT2D eigenvalue weighted by molar-refractivity contribution is 0.0703. The van der Waals surface area contributed by atoms with E-state index in [2.05, 4.69) is 15.1 Å². The van der Waals surface area contributed by atoms with Gasteiger partial charge in [0.15, 0.2) is 5.82 Å². The predicted molar refractivity (Wildman–Crippen MR) is 93.4 cm³/mol. The molecule has 26 heavy (non-hydrogen) atoms. The largest absolute Gasteiger partial charge is 0.356 e. The van der Waals surface area contributed by atoms with Gasteiger partial charge in [-0.15, -0.1) is 0 Å². The molecule has 1 aromatic carbocycles. The Morgan fingerprint density at radius 1 is 1.35 bits per heavy atom. The summed E-state index contributed by atoms with van der Waals surface area (Å²) in [7, 11) is 0. The summed E-state index contributed by atoms with van der Waals surface area (Å²) >= 11 is 5.90. The summed E-state index contributed by atoms with van der Waals surface area (Å²) in [5.41, 5.74) is 1.13. The molecular formula is C18H16ClFN4O2. The van der Waals surface area contributed by atoms with E-state index in [-0.39, 0.29) is 17.6 Å². The number of halogens is 2. The van der Waals surface area contributed by atoms with Crippen molar-refractivity contribution in [1.29, 1.82) is 0 Å². The predicted octanol–water partition coefficient (Wildman–Crippen LogP) is 3.88. The zero-order valence-corrected chi connectivity index (χ0v) is 14.5. The number of benzene rings is 1. The summed E-state index contributed by atoms with van der Waals surface area (Å²) < 4.78 is 18.4. The van der Waals surface area contributed by atoms with Gasteiger partial charge in [0, 0.05) is 30.8 Å². The summed E-state index contributed by atoms with van der Waals surface area (Å²) in [4.78, 5) is 21.8. The number of nitrogens with one attached hydrogen (secondary N) is 1. The van der Waals surface area contributed by atoms with Crippen LogP contribution in [0.5, 0.6) is 0 Å². The number of amides is 1. The molecule has 3 aromatic rings. The molecule has 0 spiro atoms. The molecule has 8 heteroatoms. The van der Waals surface area contributed by atoms with E-state index in [4.69, 9.17) is 16.1 Å². The molecular weight excluding hydrogens is 359 g/mol. The van der Waals surface area contributed by atoms with Crippen LogP contribution in [-0.4, -0.2) is 39.0 Å². The number of rotatable bonds is 3. The lowest BCUT2D eigenvalue weighted by Gasteiger charge is -2.31. The van der Waals surface area contributed by atoms with Gasteiger partial charge in [0.05, 0.1) is 5.02 Å². The molecule has 1 unspecified atom stereocenters. The number of hydrogen-bond donors (Lipinski definition) is 1. The van der Waals surface area contributed by atoms with Crippen LogP contribution in [0, 0.1) is 5.82 Å². The summed E-state index contributed by atoms with van der Waals surface area (Å²) in [6.07, 6.45) is 3.36. The fourth-order valence-corrected chi connectivity index (χ4v) is 3.31. The van der Waals surface area contributed by atoms with E-state index < -0.39 is 0 Å². The first-order valence-corrected chi connectivity index (χ1v) is 8.70. The van der Waals surface area contributed by atoms with Crippen molar-refractivity contribution in [3.05, 3.63) is 58.8 Å². The van der Waals surface area contributed by atoms with E-state index in [0.717, 1.165) is 12.8 Å². The van der Waals surface area contributed by atoms with E-state index in [1.807, 2.05) is 0 Å². The molecule has 1 fully saturated rings. The molecule has 1 amide bonds. The normalized spacial score (nSPS) is 17.5. The fraction of sp³-hybridized carbons (Fsp3) is 0.278. The molecule has 4 rings (SSSR count). The van der Waals surface area contributed by atoms with Crippen LogP contribution in [-0.2, 0) is 0 Å². The number of hydrogen-bond acceptors (Lipinski definition) is 4.